The molecule has 3 aromatic rings. The normalized spacial score (nSPS) is 12.0. The van der Waals surface area contributed by atoms with E-state index in [4.69, 9.17) is 0 Å². The fraction of sp³-hybridized carbons (Fsp3) is 0.286. The van der Waals surface area contributed by atoms with Crippen LogP contribution in [0.1, 0.15) is 12.7 Å². The molecule has 1 amide bonds. The van der Waals surface area contributed by atoms with E-state index in [1.165, 1.54) is 6.33 Å². The van der Waals surface area contributed by atoms with Crippen LogP contribution in [0.25, 0.3) is 5.69 Å². The SMILES string of the molecule is CC(Cn1cncn1)C(=O)NCc1nnnn1-c1ccccc1. The van der Waals surface area contributed by atoms with Gasteiger partial charge in [0, 0.05) is 0 Å². The molecule has 0 saturated heterocycles. The van der Waals surface area contributed by atoms with Crippen molar-refractivity contribution in [2.45, 2.75) is 20.0 Å². The smallest absolute Gasteiger partial charge is 0.225 e. The third-order valence-electron chi connectivity index (χ3n) is 3.33. The summed E-state index contributed by atoms with van der Waals surface area (Å²) in [6.07, 6.45) is 3.03. The van der Waals surface area contributed by atoms with Crippen LogP contribution in [0.5, 0.6) is 0 Å². The van der Waals surface area contributed by atoms with Gasteiger partial charge in [-0.15, -0.1) is 5.10 Å². The number of tetrazole rings is 1. The Kier molecular flexibility index (Phi) is 4.37. The van der Waals surface area contributed by atoms with Gasteiger partial charge in [0.25, 0.3) is 0 Å². The number of nitrogens with zero attached hydrogens (tertiary/aromatic N) is 7. The molecule has 0 spiro atoms. The topological polar surface area (TPSA) is 103 Å². The largest absolute Gasteiger partial charge is 0.348 e. The van der Waals surface area contributed by atoms with Crippen LogP contribution in [-0.4, -0.2) is 40.9 Å². The molecule has 0 aliphatic heterocycles. The lowest BCUT2D eigenvalue weighted by Crippen LogP contribution is -2.32. The number of rotatable bonds is 6. The zero-order valence-corrected chi connectivity index (χ0v) is 12.6. The second-order valence-electron chi connectivity index (χ2n) is 5.08. The number of hydrogen-bond acceptors (Lipinski definition) is 6. The molecule has 118 valence electrons. The van der Waals surface area contributed by atoms with E-state index in [1.807, 2.05) is 37.3 Å². The van der Waals surface area contributed by atoms with E-state index in [1.54, 1.807) is 15.7 Å². The Hall–Kier alpha value is -3.10. The molecule has 0 fully saturated rings. The number of nitrogens with one attached hydrogen (secondary N) is 1. The molecule has 0 aliphatic rings. The molecule has 1 atom stereocenters. The minimum absolute atomic E-state index is 0.0943. The van der Waals surface area contributed by atoms with E-state index < -0.39 is 0 Å². The quantitative estimate of drug-likeness (QED) is 0.697. The molecule has 3 rings (SSSR count). The summed E-state index contributed by atoms with van der Waals surface area (Å²) in [6, 6.07) is 9.52. The number of hydrogen-bond donors (Lipinski definition) is 1. The summed E-state index contributed by atoms with van der Waals surface area (Å²) >= 11 is 0. The first-order valence-electron chi connectivity index (χ1n) is 7.17. The van der Waals surface area contributed by atoms with Gasteiger partial charge in [-0.2, -0.15) is 9.78 Å². The molecule has 1 aromatic carbocycles. The average Bonchev–Trinajstić information content (AvgIpc) is 3.24. The fourth-order valence-corrected chi connectivity index (χ4v) is 2.12. The third-order valence-corrected chi connectivity index (χ3v) is 3.33. The van der Waals surface area contributed by atoms with E-state index in [0.717, 1.165) is 5.69 Å². The lowest BCUT2D eigenvalue weighted by molar-refractivity contribution is -0.125. The Morgan fingerprint density at radius 3 is 2.87 bits per heavy atom. The predicted octanol–water partition coefficient (Wildman–Crippen LogP) is 0.206. The van der Waals surface area contributed by atoms with Gasteiger partial charge in [0.1, 0.15) is 12.7 Å². The molecule has 1 unspecified atom stereocenters. The molecule has 0 saturated carbocycles. The summed E-state index contributed by atoms with van der Waals surface area (Å²) in [6.45, 7) is 2.55. The second kappa shape index (κ2) is 6.77. The molecule has 2 aromatic heterocycles. The van der Waals surface area contributed by atoms with Crippen LogP contribution in [0, 0.1) is 5.92 Å². The number of amides is 1. The Morgan fingerprint density at radius 2 is 2.13 bits per heavy atom. The van der Waals surface area contributed by atoms with Gasteiger partial charge in [0.2, 0.25) is 5.91 Å². The monoisotopic (exact) mass is 312 g/mol. The molecule has 23 heavy (non-hydrogen) atoms. The highest BCUT2D eigenvalue weighted by Crippen LogP contribution is 2.07. The maximum absolute atomic E-state index is 12.2. The van der Waals surface area contributed by atoms with Gasteiger partial charge in [0.05, 0.1) is 24.7 Å². The van der Waals surface area contributed by atoms with Crippen LogP contribution >= 0.6 is 0 Å². The van der Waals surface area contributed by atoms with Gasteiger partial charge in [-0.3, -0.25) is 9.48 Å². The van der Waals surface area contributed by atoms with Crippen molar-refractivity contribution in [3.8, 4) is 5.69 Å². The number of carbonyl (C=O) groups is 1. The van der Waals surface area contributed by atoms with Gasteiger partial charge < -0.3 is 5.32 Å². The van der Waals surface area contributed by atoms with Gasteiger partial charge in [0.15, 0.2) is 5.82 Å². The van der Waals surface area contributed by atoms with Crippen molar-refractivity contribution in [1.29, 1.82) is 0 Å². The standard InChI is InChI=1S/C14H16N8O/c1-11(8-21-10-15-9-17-21)14(23)16-7-13-18-19-20-22(13)12-5-3-2-4-6-12/h2-6,9-11H,7-8H2,1H3,(H,16,23). The van der Waals surface area contributed by atoms with Crippen LogP contribution in [0.3, 0.4) is 0 Å². The summed E-state index contributed by atoms with van der Waals surface area (Å²) in [5.41, 5.74) is 0.845. The van der Waals surface area contributed by atoms with Gasteiger partial charge in [-0.25, -0.2) is 4.98 Å². The molecule has 0 bridgehead atoms. The van der Waals surface area contributed by atoms with Crippen LogP contribution in [0.4, 0.5) is 0 Å². The Morgan fingerprint density at radius 1 is 1.30 bits per heavy atom. The summed E-state index contributed by atoms with van der Waals surface area (Å²) in [5, 5.41) is 18.4. The highest BCUT2D eigenvalue weighted by Gasteiger charge is 2.15. The molecule has 0 aliphatic carbocycles. The zero-order valence-electron chi connectivity index (χ0n) is 12.6. The highest BCUT2D eigenvalue weighted by molar-refractivity contribution is 5.78. The number of benzene rings is 1. The lowest BCUT2D eigenvalue weighted by atomic mass is 10.1. The number of aromatic nitrogens is 7. The lowest BCUT2D eigenvalue weighted by Gasteiger charge is -2.11. The predicted molar refractivity (Wildman–Crippen MR) is 80.2 cm³/mol. The highest BCUT2D eigenvalue weighted by atomic mass is 16.1. The maximum atomic E-state index is 12.2. The van der Waals surface area contributed by atoms with Crippen LogP contribution in [0.15, 0.2) is 43.0 Å². The minimum atomic E-state index is -0.238. The van der Waals surface area contributed by atoms with E-state index in [0.29, 0.717) is 12.4 Å². The van der Waals surface area contributed by atoms with Gasteiger partial charge >= 0.3 is 0 Å². The summed E-state index contributed by atoms with van der Waals surface area (Å²) in [5.74, 6) is 0.235. The summed E-state index contributed by atoms with van der Waals surface area (Å²) in [4.78, 5) is 16.0. The van der Waals surface area contributed by atoms with E-state index in [9.17, 15) is 4.79 Å². The van der Waals surface area contributed by atoms with Crippen LogP contribution in [0.2, 0.25) is 0 Å². The zero-order chi connectivity index (χ0) is 16.1. The summed E-state index contributed by atoms with van der Waals surface area (Å²) < 4.78 is 3.22. The maximum Gasteiger partial charge on any atom is 0.225 e. The van der Waals surface area contributed by atoms with E-state index >= 15 is 0 Å². The van der Waals surface area contributed by atoms with Crippen molar-refractivity contribution >= 4 is 5.91 Å². The molecule has 1 N–H and O–H groups in total. The summed E-state index contributed by atoms with van der Waals surface area (Å²) in [7, 11) is 0. The van der Waals surface area contributed by atoms with Gasteiger partial charge in [-0.1, -0.05) is 25.1 Å². The Balaban J connectivity index is 1.60. The number of carbonyl (C=O) groups excluding carboxylic acids is 1. The van der Waals surface area contributed by atoms with Crippen molar-refractivity contribution in [3.05, 3.63) is 48.8 Å². The molecule has 9 nitrogen and oxygen atoms in total. The van der Waals surface area contributed by atoms with Crippen molar-refractivity contribution in [2.75, 3.05) is 0 Å². The molecular weight excluding hydrogens is 296 g/mol. The first kappa shape index (κ1) is 14.8. The van der Waals surface area contributed by atoms with E-state index in [-0.39, 0.29) is 18.4 Å². The van der Waals surface area contributed by atoms with Crippen molar-refractivity contribution in [3.63, 3.8) is 0 Å². The van der Waals surface area contributed by atoms with Crippen molar-refractivity contribution in [1.82, 2.24) is 40.3 Å². The first-order valence-corrected chi connectivity index (χ1v) is 7.17. The molecule has 9 heteroatoms. The minimum Gasteiger partial charge on any atom is -0.348 e. The third kappa shape index (κ3) is 3.57. The molecule has 0 radical (unpaired) electrons. The Labute approximate surface area is 132 Å². The van der Waals surface area contributed by atoms with Crippen molar-refractivity contribution in [2.24, 2.45) is 5.92 Å². The van der Waals surface area contributed by atoms with Crippen molar-refractivity contribution < 1.29 is 4.79 Å². The van der Waals surface area contributed by atoms with Crippen LogP contribution in [-0.2, 0) is 17.9 Å². The first-order chi connectivity index (χ1) is 11.2. The average molecular weight is 312 g/mol. The van der Waals surface area contributed by atoms with E-state index in [2.05, 4.69) is 30.9 Å². The molecular formula is C14H16N8O. The second-order valence-corrected chi connectivity index (χ2v) is 5.08. The molecule has 2 heterocycles. The Bertz CT molecular complexity index is 752. The fourth-order valence-electron chi connectivity index (χ4n) is 2.12. The number of para-hydroxylation sites is 1. The van der Waals surface area contributed by atoms with Crippen LogP contribution < -0.4 is 5.32 Å². The van der Waals surface area contributed by atoms with Gasteiger partial charge in [-0.05, 0) is 22.6 Å².